The summed E-state index contributed by atoms with van der Waals surface area (Å²) in [5.41, 5.74) is 1.92. The summed E-state index contributed by atoms with van der Waals surface area (Å²) in [4.78, 5) is 23.6. The van der Waals surface area contributed by atoms with Crippen molar-refractivity contribution < 1.29 is 19.2 Å². The maximum Gasteiger partial charge on any atom is 0.335 e. The number of carboxylic acid groups (broad SMARTS) is 1. The zero-order valence-corrected chi connectivity index (χ0v) is 14.6. The molecule has 1 aromatic carbocycles. The van der Waals surface area contributed by atoms with E-state index in [1.54, 1.807) is 13.0 Å². The molecule has 0 aliphatic heterocycles. The number of hydrogen-bond acceptors (Lipinski definition) is 4. The molecule has 7 heteroatoms. The van der Waals surface area contributed by atoms with E-state index in [-0.39, 0.29) is 23.1 Å². The molecule has 0 aliphatic carbocycles. The van der Waals surface area contributed by atoms with Crippen LogP contribution in [0.5, 0.6) is 0 Å². The number of carbonyl (C=O) groups excluding carboxylic acids is 1. The van der Waals surface area contributed by atoms with Crippen LogP contribution in [0.15, 0.2) is 27.2 Å². The third kappa shape index (κ3) is 3.79. The van der Waals surface area contributed by atoms with Crippen LogP contribution in [-0.4, -0.2) is 22.1 Å². The van der Waals surface area contributed by atoms with Crippen molar-refractivity contribution in [2.24, 2.45) is 0 Å². The van der Waals surface area contributed by atoms with Crippen LogP contribution in [0.25, 0.3) is 0 Å². The predicted octanol–water partition coefficient (Wildman–Crippen LogP) is 3.63. The highest BCUT2D eigenvalue weighted by atomic mass is 79.9. The maximum atomic E-state index is 12.5. The third-order valence-electron chi connectivity index (χ3n) is 3.56. The molecule has 1 heterocycles. The van der Waals surface area contributed by atoms with Crippen LogP contribution >= 0.6 is 15.9 Å². The Bertz CT molecular complexity index is 735. The lowest BCUT2D eigenvalue weighted by molar-refractivity contribution is 0.0697. The highest BCUT2D eigenvalue weighted by Crippen LogP contribution is 2.25. The summed E-state index contributed by atoms with van der Waals surface area (Å²) in [5.74, 6) is -0.770. The van der Waals surface area contributed by atoms with E-state index in [1.807, 2.05) is 13.8 Å². The van der Waals surface area contributed by atoms with Crippen molar-refractivity contribution in [3.63, 3.8) is 0 Å². The number of aromatic carboxylic acids is 1. The molecule has 1 aromatic heterocycles. The molecule has 0 aliphatic rings. The number of aryl methyl sites for hydroxylation is 2. The summed E-state index contributed by atoms with van der Waals surface area (Å²) in [6, 6.07) is 4.13. The molecule has 122 valence electrons. The van der Waals surface area contributed by atoms with Crippen LogP contribution in [-0.2, 0) is 0 Å². The average Bonchev–Trinajstić information content (AvgIpc) is 2.83. The fraction of sp³-hybridized carbons (Fsp3) is 0.312. The van der Waals surface area contributed by atoms with Crippen molar-refractivity contribution >= 4 is 27.8 Å². The van der Waals surface area contributed by atoms with Gasteiger partial charge in [-0.25, -0.2) is 4.79 Å². The number of nitrogens with zero attached hydrogens (tertiary/aromatic N) is 1. The van der Waals surface area contributed by atoms with E-state index in [1.165, 1.54) is 12.1 Å². The van der Waals surface area contributed by atoms with Gasteiger partial charge in [-0.2, -0.15) is 0 Å². The summed E-state index contributed by atoms with van der Waals surface area (Å²) in [6.45, 7) is 5.56. The Hall–Kier alpha value is -2.15. The van der Waals surface area contributed by atoms with Gasteiger partial charge >= 0.3 is 5.97 Å². The minimum absolute atomic E-state index is 0.0508. The fourth-order valence-electron chi connectivity index (χ4n) is 2.45. The number of aromatic nitrogens is 1. The number of carboxylic acids is 1. The molecule has 0 saturated carbocycles. The molecule has 0 saturated heterocycles. The molecule has 2 aromatic rings. The number of hydrogen-bond donors (Lipinski definition) is 2. The Labute approximate surface area is 142 Å². The van der Waals surface area contributed by atoms with E-state index < -0.39 is 5.97 Å². The number of rotatable bonds is 5. The normalized spacial score (nSPS) is 12.0. The molecule has 1 atom stereocenters. The highest BCUT2D eigenvalue weighted by Gasteiger charge is 2.22. The lowest BCUT2D eigenvalue weighted by Gasteiger charge is -2.17. The summed E-state index contributed by atoms with van der Waals surface area (Å²) in [5, 5.41) is 15.9. The molecule has 0 spiro atoms. The van der Waals surface area contributed by atoms with E-state index in [9.17, 15) is 9.59 Å². The zero-order valence-electron chi connectivity index (χ0n) is 13.0. The number of nitrogens with one attached hydrogen (secondary N) is 1. The zero-order chi connectivity index (χ0) is 17.1. The number of carbonyl (C=O) groups is 2. The number of amides is 1. The van der Waals surface area contributed by atoms with Gasteiger partial charge in [-0.3, -0.25) is 4.79 Å². The number of benzene rings is 1. The molecule has 0 bridgehead atoms. The minimum Gasteiger partial charge on any atom is -0.478 e. The number of halogens is 1. The van der Waals surface area contributed by atoms with E-state index in [0.717, 1.165) is 11.3 Å². The summed E-state index contributed by atoms with van der Waals surface area (Å²) < 4.78 is 5.68. The van der Waals surface area contributed by atoms with Crippen molar-refractivity contribution in [1.29, 1.82) is 0 Å². The highest BCUT2D eigenvalue weighted by molar-refractivity contribution is 9.10. The summed E-state index contributed by atoms with van der Waals surface area (Å²) in [6.07, 6.45) is 0.661. The van der Waals surface area contributed by atoms with E-state index in [2.05, 4.69) is 26.4 Å². The van der Waals surface area contributed by atoms with Gasteiger partial charge in [0, 0.05) is 15.6 Å². The summed E-state index contributed by atoms with van der Waals surface area (Å²) >= 11 is 3.23. The van der Waals surface area contributed by atoms with Gasteiger partial charge in [0.15, 0.2) is 0 Å². The Kier molecular flexibility index (Phi) is 5.20. The Morgan fingerprint density at radius 3 is 2.48 bits per heavy atom. The molecule has 2 rings (SSSR count). The maximum absolute atomic E-state index is 12.5. The van der Waals surface area contributed by atoms with Gasteiger partial charge in [0.05, 0.1) is 17.3 Å². The van der Waals surface area contributed by atoms with E-state index in [0.29, 0.717) is 16.7 Å². The first-order valence-corrected chi connectivity index (χ1v) is 7.90. The van der Waals surface area contributed by atoms with Crippen molar-refractivity contribution in [3.05, 3.63) is 50.8 Å². The van der Waals surface area contributed by atoms with Crippen molar-refractivity contribution in [2.45, 2.75) is 33.2 Å². The van der Waals surface area contributed by atoms with Gasteiger partial charge in [-0.1, -0.05) is 28.0 Å². The van der Waals surface area contributed by atoms with Crippen LogP contribution in [0.4, 0.5) is 0 Å². The predicted molar refractivity (Wildman–Crippen MR) is 87.6 cm³/mol. The lowest BCUT2D eigenvalue weighted by atomic mass is 10.0. The molecular formula is C16H17BrN2O4. The molecule has 1 amide bonds. The van der Waals surface area contributed by atoms with Gasteiger partial charge in [-0.15, -0.1) is 0 Å². The van der Waals surface area contributed by atoms with Gasteiger partial charge < -0.3 is 14.9 Å². The van der Waals surface area contributed by atoms with Crippen molar-refractivity contribution in [3.8, 4) is 0 Å². The van der Waals surface area contributed by atoms with Crippen LogP contribution in [0.3, 0.4) is 0 Å². The molecule has 2 N–H and O–H groups in total. The van der Waals surface area contributed by atoms with Crippen LogP contribution in [0.1, 0.15) is 57.1 Å². The molecule has 0 radical (unpaired) electrons. The van der Waals surface area contributed by atoms with Gasteiger partial charge in [-0.05, 0) is 38.5 Å². The third-order valence-corrected chi connectivity index (χ3v) is 4.02. The standard InChI is InChI=1S/C16H17BrN2O4/c1-4-13(14-8(2)19-23-9(14)3)18-15(20)10-5-11(16(21)22)7-12(17)6-10/h5-7,13H,4H2,1-3H3,(H,18,20)(H,21,22). The first-order valence-electron chi connectivity index (χ1n) is 7.11. The summed E-state index contributed by atoms with van der Waals surface area (Å²) in [7, 11) is 0. The first kappa shape index (κ1) is 17.2. The molecule has 6 nitrogen and oxygen atoms in total. The average molecular weight is 381 g/mol. The van der Waals surface area contributed by atoms with Gasteiger partial charge in [0.2, 0.25) is 0 Å². The van der Waals surface area contributed by atoms with Gasteiger partial charge in [0.25, 0.3) is 5.91 Å². The van der Waals surface area contributed by atoms with Crippen molar-refractivity contribution in [2.75, 3.05) is 0 Å². The molecule has 0 fully saturated rings. The second-order valence-electron chi connectivity index (χ2n) is 5.21. The smallest absolute Gasteiger partial charge is 0.335 e. The minimum atomic E-state index is -1.09. The molecule has 23 heavy (non-hydrogen) atoms. The Morgan fingerprint density at radius 2 is 1.96 bits per heavy atom. The van der Waals surface area contributed by atoms with E-state index >= 15 is 0 Å². The molecular weight excluding hydrogens is 364 g/mol. The monoisotopic (exact) mass is 380 g/mol. The topological polar surface area (TPSA) is 92.4 Å². The van der Waals surface area contributed by atoms with E-state index in [4.69, 9.17) is 9.63 Å². The lowest BCUT2D eigenvalue weighted by Crippen LogP contribution is -2.29. The van der Waals surface area contributed by atoms with Crippen LogP contribution in [0, 0.1) is 13.8 Å². The van der Waals surface area contributed by atoms with Gasteiger partial charge in [0.1, 0.15) is 5.76 Å². The Balaban J connectivity index is 2.29. The van der Waals surface area contributed by atoms with Crippen LogP contribution < -0.4 is 5.32 Å². The first-order chi connectivity index (χ1) is 10.8. The second-order valence-corrected chi connectivity index (χ2v) is 6.12. The van der Waals surface area contributed by atoms with Crippen LogP contribution in [0.2, 0.25) is 0 Å². The quantitative estimate of drug-likeness (QED) is 0.825. The second kappa shape index (κ2) is 6.95. The van der Waals surface area contributed by atoms with Crippen molar-refractivity contribution in [1.82, 2.24) is 10.5 Å². The SMILES string of the molecule is CCC(NC(=O)c1cc(Br)cc(C(=O)O)c1)c1c(C)noc1C. The molecule has 1 unspecified atom stereocenters. The Morgan fingerprint density at radius 1 is 1.30 bits per heavy atom. The largest absolute Gasteiger partial charge is 0.478 e. The fourth-order valence-corrected chi connectivity index (χ4v) is 2.94.